The van der Waals surface area contributed by atoms with Gasteiger partial charge >= 0.3 is 0 Å². The molecule has 1 saturated carbocycles. The lowest BCUT2D eigenvalue weighted by atomic mass is 10.1. The van der Waals surface area contributed by atoms with Crippen LogP contribution in [-0.4, -0.2) is 12.6 Å². The Morgan fingerprint density at radius 3 is 2.73 bits per heavy atom. The Bertz CT molecular complexity index is 302. The fraction of sp³-hybridized carbons (Fsp3) is 0.667. The molecular formula is C12H20N2O. The molecule has 1 atom stereocenters. The van der Waals surface area contributed by atoms with E-state index in [-0.39, 0.29) is 6.04 Å². The van der Waals surface area contributed by atoms with E-state index >= 15 is 0 Å². The van der Waals surface area contributed by atoms with Crippen molar-refractivity contribution in [3.8, 4) is 0 Å². The van der Waals surface area contributed by atoms with E-state index in [4.69, 9.17) is 10.2 Å². The third-order valence-corrected chi connectivity index (χ3v) is 3.13. The Kier molecular flexibility index (Phi) is 3.44. The molecule has 0 aliphatic heterocycles. The van der Waals surface area contributed by atoms with Gasteiger partial charge in [-0.15, -0.1) is 0 Å². The summed E-state index contributed by atoms with van der Waals surface area (Å²) < 4.78 is 5.60. The summed E-state index contributed by atoms with van der Waals surface area (Å²) in [5, 5.41) is 3.58. The van der Waals surface area contributed by atoms with E-state index in [1.54, 1.807) is 0 Å². The van der Waals surface area contributed by atoms with E-state index in [2.05, 4.69) is 5.32 Å². The number of hydrogen-bond donors (Lipinski definition) is 2. The molecule has 0 radical (unpaired) electrons. The predicted molar refractivity (Wildman–Crippen MR) is 60.6 cm³/mol. The molecule has 0 aromatic carbocycles. The van der Waals surface area contributed by atoms with Crippen molar-refractivity contribution in [2.24, 2.45) is 5.73 Å². The summed E-state index contributed by atoms with van der Waals surface area (Å²) in [5.41, 5.74) is 5.77. The molecule has 2 rings (SSSR count). The molecule has 1 aliphatic carbocycles. The predicted octanol–water partition coefficient (Wildman–Crippen LogP) is 2.12. The third kappa shape index (κ3) is 2.61. The molecule has 1 unspecified atom stereocenters. The average molecular weight is 208 g/mol. The third-order valence-electron chi connectivity index (χ3n) is 3.13. The summed E-state index contributed by atoms with van der Waals surface area (Å²) in [6.07, 6.45) is 5.23. The summed E-state index contributed by atoms with van der Waals surface area (Å²) in [5.74, 6) is 1.93. The smallest absolute Gasteiger partial charge is 0.122 e. The topological polar surface area (TPSA) is 51.2 Å². The number of nitrogens with one attached hydrogen (secondary N) is 1. The Hall–Kier alpha value is -0.800. The van der Waals surface area contributed by atoms with Crippen molar-refractivity contribution in [1.29, 1.82) is 0 Å². The van der Waals surface area contributed by atoms with Crippen LogP contribution in [0.3, 0.4) is 0 Å². The number of rotatable bonds is 4. The van der Waals surface area contributed by atoms with Gasteiger partial charge in [0.25, 0.3) is 0 Å². The molecular weight excluding hydrogens is 188 g/mol. The zero-order chi connectivity index (χ0) is 10.7. The minimum atomic E-state index is 0.182. The van der Waals surface area contributed by atoms with E-state index in [0.29, 0.717) is 12.6 Å². The van der Waals surface area contributed by atoms with Crippen molar-refractivity contribution in [3.63, 3.8) is 0 Å². The Morgan fingerprint density at radius 1 is 1.47 bits per heavy atom. The lowest BCUT2D eigenvalue weighted by Gasteiger charge is -2.19. The number of nitrogens with two attached hydrogens (primary N) is 1. The van der Waals surface area contributed by atoms with Gasteiger partial charge in [-0.1, -0.05) is 12.8 Å². The summed E-state index contributed by atoms with van der Waals surface area (Å²) in [4.78, 5) is 0. The molecule has 0 amide bonds. The van der Waals surface area contributed by atoms with Crippen LogP contribution < -0.4 is 11.1 Å². The fourth-order valence-corrected chi connectivity index (χ4v) is 2.28. The van der Waals surface area contributed by atoms with E-state index in [9.17, 15) is 0 Å². The molecule has 1 fully saturated rings. The van der Waals surface area contributed by atoms with Crippen LogP contribution >= 0.6 is 0 Å². The van der Waals surface area contributed by atoms with Crippen molar-refractivity contribution in [3.05, 3.63) is 23.7 Å². The lowest BCUT2D eigenvalue weighted by molar-refractivity contribution is 0.369. The van der Waals surface area contributed by atoms with E-state index in [1.165, 1.54) is 25.7 Å². The number of furan rings is 1. The van der Waals surface area contributed by atoms with Gasteiger partial charge in [0.1, 0.15) is 11.5 Å². The average Bonchev–Trinajstić information content (AvgIpc) is 2.85. The molecule has 1 aromatic rings. The lowest BCUT2D eigenvalue weighted by Crippen LogP contribution is -2.34. The van der Waals surface area contributed by atoms with Crippen LogP contribution in [0.1, 0.15) is 43.2 Å². The first kappa shape index (κ1) is 10.7. The van der Waals surface area contributed by atoms with Crippen molar-refractivity contribution < 1.29 is 4.42 Å². The molecule has 84 valence electrons. The normalized spacial score (nSPS) is 19.6. The molecule has 3 heteroatoms. The van der Waals surface area contributed by atoms with Gasteiger partial charge in [-0.25, -0.2) is 0 Å². The van der Waals surface area contributed by atoms with Gasteiger partial charge in [0.05, 0.1) is 6.04 Å². The second kappa shape index (κ2) is 4.81. The maximum absolute atomic E-state index is 5.77. The standard InChI is InChI=1S/C12H20N2O/c1-9-6-7-12(15-9)11(8-13)14-10-4-2-3-5-10/h6-7,10-11,14H,2-5,8,13H2,1H3. The zero-order valence-electron chi connectivity index (χ0n) is 9.33. The number of aryl methyl sites for hydroxylation is 1. The highest BCUT2D eigenvalue weighted by Crippen LogP contribution is 2.22. The molecule has 1 heterocycles. The van der Waals surface area contributed by atoms with Crippen molar-refractivity contribution >= 4 is 0 Å². The second-order valence-corrected chi connectivity index (χ2v) is 4.38. The monoisotopic (exact) mass is 208 g/mol. The van der Waals surface area contributed by atoms with Crippen LogP contribution in [0.4, 0.5) is 0 Å². The second-order valence-electron chi connectivity index (χ2n) is 4.38. The molecule has 3 nitrogen and oxygen atoms in total. The van der Waals surface area contributed by atoms with Gasteiger partial charge < -0.3 is 15.5 Å². The molecule has 1 aliphatic rings. The van der Waals surface area contributed by atoms with E-state index in [1.807, 2.05) is 19.1 Å². The quantitative estimate of drug-likeness (QED) is 0.797. The minimum absolute atomic E-state index is 0.182. The van der Waals surface area contributed by atoms with Crippen LogP contribution in [0.15, 0.2) is 16.5 Å². The van der Waals surface area contributed by atoms with Crippen LogP contribution in [0.25, 0.3) is 0 Å². The maximum atomic E-state index is 5.77. The molecule has 3 N–H and O–H groups in total. The summed E-state index contributed by atoms with van der Waals surface area (Å²) in [7, 11) is 0. The van der Waals surface area contributed by atoms with Crippen LogP contribution in [-0.2, 0) is 0 Å². The highest BCUT2D eigenvalue weighted by atomic mass is 16.3. The first-order chi connectivity index (χ1) is 7.29. The molecule has 0 saturated heterocycles. The van der Waals surface area contributed by atoms with Gasteiger partial charge in [0.15, 0.2) is 0 Å². The summed E-state index contributed by atoms with van der Waals surface area (Å²) >= 11 is 0. The van der Waals surface area contributed by atoms with Crippen molar-refractivity contribution in [1.82, 2.24) is 5.32 Å². The van der Waals surface area contributed by atoms with Crippen LogP contribution in [0, 0.1) is 6.92 Å². The van der Waals surface area contributed by atoms with Crippen LogP contribution in [0.5, 0.6) is 0 Å². The Labute approximate surface area is 91.0 Å². The first-order valence-corrected chi connectivity index (χ1v) is 5.82. The molecule has 1 aromatic heterocycles. The Balaban J connectivity index is 1.97. The van der Waals surface area contributed by atoms with Gasteiger partial charge in [0, 0.05) is 12.6 Å². The largest absolute Gasteiger partial charge is 0.465 e. The van der Waals surface area contributed by atoms with E-state index < -0.39 is 0 Å². The van der Waals surface area contributed by atoms with Gasteiger partial charge in [0.2, 0.25) is 0 Å². The van der Waals surface area contributed by atoms with Crippen molar-refractivity contribution in [2.45, 2.75) is 44.7 Å². The SMILES string of the molecule is Cc1ccc(C(CN)NC2CCCC2)o1. The highest BCUT2D eigenvalue weighted by molar-refractivity contribution is 5.10. The number of hydrogen-bond acceptors (Lipinski definition) is 3. The maximum Gasteiger partial charge on any atom is 0.122 e. The summed E-state index contributed by atoms with van der Waals surface area (Å²) in [6, 6.07) is 4.83. The van der Waals surface area contributed by atoms with Gasteiger partial charge in [-0.05, 0) is 31.9 Å². The minimum Gasteiger partial charge on any atom is -0.465 e. The Morgan fingerprint density at radius 2 is 2.20 bits per heavy atom. The highest BCUT2D eigenvalue weighted by Gasteiger charge is 2.20. The van der Waals surface area contributed by atoms with Gasteiger partial charge in [-0.3, -0.25) is 0 Å². The first-order valence-electron chi connectivity index (χ1n) is 5.82. The van der Waals surface area contributed by atoms with E-state index in [0.717, 1.165) is 11.5 Å². The zero-order valence-corrected chi connectivity index (χ0v) is 9.33. The fourth-order valence-electron chi connectivity index (χ4n) is 2.28. The molecule has 0 bridgehead atoms. The summed E-state index contributed by atoms with van der Waals surface area (Å²) in [6.45, 7) is 2.57. The van der Waals surface area contributed by atoms with Crippen LogP contribution in [0.2, 0.25) is 0 Å². The van der Waals surface area contributed by atoms with Crippen molar-refractivity contribution in [2.75, 3.05) is 6.54 Å². The molecule has 0 spiro atoms. The van der Waals surface area contributed by atoms with Gasteiger partial charge in [-0.2, -0.15) is 0 Å². The molecule has 15 heavy (non-hydrogen) atoms.